The minimum absolute atomic E-state index is 0.672. The molecule has 3 heterocycles. The molecule has 23 heavy (non-hydrogen) atoms. The van der Waals surface area contributed by atoms with Crippen LogP contribution in [0.3, 0.4) is 0 Å². The van der Waals surface area contributed by atoms with Crippen LogP contribution in [0.5, 0.6) is 0 Å². The summed E-state index contributed by atoms with van der Waals surface area (Å²) in [6, 6.07) is 12.0. The van der Waals surface area contributed by atoms with Crippen molar-refractivity contribution in [2.24, 2.45) is 0 Å². The normalized spacial score (nSPS) is 11.0. The second kappa shape index (κ2) is 5.57. The van der Waals surface area contributed by atoms with Gasteiger partial charge in [0.25, 0.3) is 0 Å². The van der Waals surface area contributed by atoms with Crippen LogP contribution in [0, 0.1) is 6.92 Å². The molecule has 0 spiro atoms. The number of furan rings is 1. The maximum absolute atomic E-state index is 5.70. The van der Waals surface area contributed by atoms with Gasteiger partial charge in [0, 0.05) is 12.4 Å². The van der Waals surface area contributed by atoms with Crippen molar-refractivity contribution < 1.29 is 4.42 Å². The Hall–Kier alpha value is -3.15. The zero-order valence-electron chi connectivity index (χ0n) is 12.6. The molecule has 0 aliphatic heterocycles. The molecule has 114 valence electrons. The van der Waals surface area contributed by atoms with Gasteiger partial charge in [-0.3, -0.25) is 0 Å². The highest BCUT2D eigenvalue weighted by molar-refractivity contribution is 5.49. The van der Waals surface area contributed by atoms with Gasteiger partial charge in [-0.25, -0.2) is 14.6 Å². The zero-order valence-corrected chi connectivity index (χ0v) is 12.6. The summed E-state index contributed by atoms with van der Waals surface area (Å²) < 4.78 is 9.53. The Labute approximate surface area is 133 Å². The molecule has 3 aromatic heterocycles. The maximum Gasteiger partial charge on any atom is 0.176 e. The van der Waals surface area contributed by atoms with E-state index >= 15 is 0 Å². The van der Waals surface area contributed by atoms with Crippen LogP contribution in [0.25, 0.3) is 17.3 Å². The van der Waals surface area contributed by atoms with Gasteiger partial charge >= 0.3 is 0 Å². The van der Waals surface area contributed by atoms with E-state index in [1.54, 1.807) is 17.2 Å². The first-order valence-corrected chi connectivity index (χ1v) is 7.32. The average Bonchev–Trinajstić information content (AvgIpc) is 3.29. The molecule has 4 rings (SSSR count). The number of imidazole rings is 1. The molecular formula is C17H15N5O. The Morgan fingerprint density at radius 3 is 2.83 bits per heavy atom. The fourth-order valence-corrected chi connectivity index (χ4v) is 2.60. The molecule has 6 nitrogen and oxygen atoms in total. The molecule has 0 atom stereocenters. The highest BCUT2D eigenvalue weighted by Crippen LogP contribution is 2.22. The van der Waals surface area contributed by atoms with Crippen LogP contribution in [0.2, 0.25) is 0 Å². The fourth-order valence-electron chi connectivity index (χ4n) is 2.60. The molecule has 0 fully saturated rings. The van der Waals surface area contributed by atoms with Gasteiger partial charge in [-0.1, -0.05) is 18.2 Å². The van der Waals surface area contributed by atoms with Crippen molar-refractivity contribution in [3.8, 4) is 17.3 Å². The standard InChI is InChI=1S/C17H15N5O/c1-13-6-7-16(23-13)17-19-8-9-21(17)10-14-4-2-3-5-15(14)22-12-18-11-20-22/h2-9,11-12H,10H2,1H3. The SMILES string of the molecule is Cc1ccc(-c2nccn2Cc2ccccc2-n2cncn2)o1. The van der Waals surface area contributed by atoms with E-state index in [4.69, 9.17) is 4.42 Å². The van der Waals surface area contributed by atoms with Gasteiger partial charge in [0.05, 0.1) is 12.2 Å². The first-order valence-electron chi connectivity index (χ1n) is 7.32. The summed E-state index contributed by atoms with van der Waals surface area (Å²) in [5.74, 6) is 2.45. The Morgan fingerprint density at radius 2 is 2.04 bits per heavy atom. The zero-order chi connectivity index (χ0) is 15.6. The summed E-state index contributed by atoms with van der Waals surface area (Å²) in [6.07, 6.45) is 6.96. The molecule has 1 aromatic carbocycles. The highest BCUT2D eigenvalue weighted by atomic mass is 16.3. The molecule has 0 saturated heterocycles. The van der Waals surface area contributed by atoms with E-state index < -0.39 is 0 Å². The predicted molar refractivity (Wildman–Crippen MR) is 85.1 cm³/mol. The van der Waals surface area contributed by atoms with Gasteiger partial charge < -0.3 is 8.98 Å². The van der Waals surface area contributed by atoms with Gasteiger partial charge in [-0.2, -0.15) is 5.10 Å². The third-order valence-corrected chi connectivity index (χ3v) is 3.67. The van der Waals surface area contributed by atoms with Crippen LogP contribution in [-0.2, 0) is 6.54 Å². The highest BCUT2D eigenvalue weighted by Gasteiger charge is 2.12. The second-order valence-electron chi connectivity index (χ2n) is 5.26. The molecule has 0 radical (unpaired) electrons. The van der Waals surface area contributed by atoms with E-state index in [2.05, 4.69) is 25.7 Å². The van der Waals surface area contributed by atoms with Crippen LogP contribution in [0.1, 0.15) is 11.3 Å². The van der Waals surface area contributed by atoms with Crippen LogP contribution in [0.15, 0.2) is 65.9 Å². The second-order valence-corrected chi connectivity index (χ2v) is 5.26. The van der Waals surface area contributed by atoms with Crippen LogP contribution in [-0.4, -0.2) is 24.3 Å². The molecule has 0 N–H and O–H groups in total. The van der Waals surface area contributed by atoms with E-state index in [9.17, 15) is 0 Å². The van der Waals surface area contributed by atoms with E-state index in [-0.39, 0.29) is 0 Å². The monoisotopic (exact) mass is 305 g/mol. The van der Waals surface area contributed by atoms with Crippen molar-refractivity contribution in [2.75, 3.05) is 0 Å². The Morgan fingerprint density at radius 1 is 1.13 bits per heavy atom. The lowest BCUT2D eigenvalue weighted by Crippen LogP contribution is -2.06. The third kappa shape index (κ3) is 2.55. The number of aryl methyl sites for hydroxylation is 1. The first-order chi connectivity index (χ1) is 11.3. The molecule has 0 bridgehead atoms. The predicted octanol–water partition coefficient (Wildman–Crippen LogP) is 3.08. The minimum atomic E-state index is 0.672. The largest absolute Gasteiger partial charge is 0.458 e. The molecule has 0 amide bonds. The lowest BCUT2D eigenvalue weighted by atomic mass is 10.1. The Balaban J connectivity index is 1.72. The van der Waals surface area contributed by atoms with E-state index in [1.807, 2.05) is 43.5 Å². The Kier molecular flexibility index (Phi) is 3.27. The number of hydrogen-bond acceptors (Lipinski definition) is 4. The molecule has 6 heteroatoms. The summed E-state index contributed by atoms with van der Waals surface area (Å²) in [7, 11) is 0. The number of nitrogens with zero attached hydrogens (tertiary/aromatic N) is 5. The quantitative estimate of drug-likeness (QED) is 0.581. The van der Waals surface area contributed by atoms with Crippen molar-refractivity contribution in [3.63, 3.8) is 0 Å². The summed E-state index contributed by atoms with van der Waals surface area (Å²) in [4.78, 5) is 8.45. The lowest BCUT2D eigenvalue weighted by Gasteiger charge is -2.11. The van der Waals surface area contributed by atoms with Gasteiger partial charge in [0.15, 0.2) is 11.6 Å². The molecule has 0 aliphatic carbocycles. The Bertz CT molecular complexity index is 920. The summed E-state index contributed by atoms with van der Waals surface area (Å²) >= 11 is 0. The maximum atomic E-state index is 5.70. The lowest BCUT2D eigenvalue weighted by molar-refractivity contribution is 0.540. The molecule has 4 aromatic rings. The van der Waals surface area contributed by atoms with Crippen molar-refractivity contribution in [3.05, 3.63) is 72.8 Å². The van der Waals surface area contributed by atoms with E-state index in [1.165, 1.54) is 6.33 Å². The van der Waals surface area contributed by atoms with Gasteiger partial charge in [0.2, 0.25) is 0 Å². The smallest absolute Gasteiger partial charge is 0.176 e. The van der Waals surface area contributed by atoms with Crippen LogP contribution < -0.4 is 0 Å². The van der Waals surface area contributed by atoms with Crippen molar-refractivity contribution in [2.45, 2.75) is 13.5 Å². The van der Waals surface area contributed by atoms with Gasteiger partial charge in [-0.15, -0.1) is 0 Å². The number of para-hydroxylation sites is 1. The van der Waals surface area contributed by atoms with E-state index in [0.717, 1.165) is 28.6 Å². The van der Waals surface area contributed by atoms with Crippen LogP contribution >= 0.6 is 0 Å². The number of aromatic nitrogens is 5. The number of hydrogen-bond donors (Lipinski definition) is 0. The van der Waals surface area contributed by atoms with Crippen molar-refractivity contribution >= 4 is 0 Å². The minimum Gasteiger partial charge on any atom is -0.458 e. The van der Waals surface area contributed by atoms with Gasteiger partial charge in [0.1, 0.15) is 18.4 Å². The molecule has 0 unspecified atom stereocenters. The first kappa shape index (κ1) is 13.5. The van der Waals surface area contributed by atoms with E-state index in [0.29, 0.717) is 6.54 Å². The fraction of sp³-hybridized carbons (Fsp3) is 0.118. The van der Waals surface area contributed by atoms with Crippen LogP contribution in [0.4, 0.5) is 0 Å². The summed E-state index contributed by atoms with van der Waals surface area (Å²) in [5.41, 5.74) is 2.13. The van der Waals surface area contributed by atoms with Crippen molar-refractivity contribution in [1.82, 2.24) is 24.3 Å². The topological polar surface area (TPSA) is 61.7 Å². The third-order valence-electron chi connectivity index (χ3n) is 3.67. The van der Waals surface area contributed by atoms with Gasteiger partial charge in [-0.05, 0) is 30.7 Å². The number of benzene rings is 1. The molecule has 0 saturated carbocycles. The average molecular weight is 305 g/mol. The molecule has 0 aliphatic rings. The van der Waals surface area contributed by atoms with Crippen molar-refractivity contribution in [1.29, 1.82) is 0 Å². The summed E-state index contributed by atoms with van der Waals surface area (Å²) in [5, 5.41) is 4.22. The summed E-state index contributed by atoms with van der Waals surface area (Å²) in [6.45, 7) is 2.60. The number of rotatable bonds is 4. The molecular weight excluding hydrogens is 290 g/mol.